The normalized spacial score (nSPS) is 11.0. The summed E-state index contributed by atoms with van der Waals surface area (Å²) in [6, 6.07) is 15.2. The van der Waals surface area contributed by atoms with Gasteiger partial charge in [-0.2, -0.15) is 5.10 Å². The first-order chi connectivity index (χ1) is 11.1. The van der Waals surface area contributed by atoms with Crippen molar-refractivity contribution in [1.82, 2.24) is 4.98 Å². The van der Waals surface area contributed by atoms with Gasteiger partial charge in [-0.3, -0.25) is 5.43 Å². The fourth-order valence-electron chi connectivity index (χ4n) is 2.15. The third-order valence-corrected chi connectivity index (χ3v) is 4.26. The molecule has 0 fully saturated rings. The van der Waals surface area contributed by atoms with Crippen LogP contribution in [-0.2, 0) is 0 Å². The number of nitrogens with one attached hydrogen (secondary N) is 1. The molecule has 116 valence electrons. The van der Waals surface area contributed by atoms with Crippen LogP contribution in [0, 0.1) is 13.8 Å². The SMILES string of the molecule is Cc1ccc(-c2nc(N/N=C/c3ccc(O)cc3)sc2C)cc1. The van der Waals surface area contributed by atoms with Gasteiger partial charge in [-0.05, 0) is 43.7 Å². The minimum atomic E-state index is 0.244. The molecule has 23 heavy (non-hydrogen) atoms. The first-order valence-corrected chi connectivity index (χ1v) is 8.06. The summed E-state index contributed by atoms with van der Waals surface area (Å²) in [7, 11) is 0. The highest BCUT2D eigenvalue weighted by atomic mass is 32.1. The summed E-state index contributed by atoms with van der Waals surface area (Å²) >= 11 is 1.58. The van der Waals surface area contributed by atoms with Gasteiger partial charge in [0.25, 0.3) is 0 Å². The zero-order valence-corrected chi connectivity index (χ0v) is 13.8. The Balaban J connectivity index is 1.73. The average molecular weight is 323 g/mol. The molecular formula is C18H17N3OS. The number of anilines is 1. The Morgan fingerprint density at radius 2 is 1.74 bits per heavy atom. The summed E-state index contributed by atoms with van der Waals surface area (Å²) in [4.78, 5) is 5.76. The third-order valence-electron chi connectivity index (χ3n) is 3.39. The van der Waals surface area contributed by atoms with Crippen molar-refractivity contribution in [2.75, 3.05) is 5.43 Å². The average Bonchev–Trinajstić information content (AvgIpc) is 2.91. The number of phenolic OH excluding ortho intramolecular Hbond substituents is 1. The van der Waals surface area contributed by atoms with E-state index in [0.29, 0.717) is 0 Å². The number of aromatic hydroxyl groups is 1. The number of hydrogen-bond donors (Lipinski definition) is 2. The van der Waals surface area contributed by atoms with E-state index in [2.05, 4.69) is 53.6 Å². The van der Waals surface area contributed by atoms with Crippen molar-refractivity contribution in [2.45, 2.75) is 13.8 Å². The minimum Gasteiger partial charge on any atom is -0.508 e. The molecule has 0 saturated heterocycles. The fourth-order valence-corrected chi connectivity index (χ4v) is 2.93. The van der Waals surface area contributed by atoms with Crippen molar-refractivity contribution < 1.29 is 5.11 Å². The molecule has 2 N–H and O–H groups in total. The summed E-state index contributed by atoms with van der Waals surface area (Å²) in [6.45, 7) is 4.13. The lowest BCUT2D eigenvalue weighted by atomic mass is 10.1. The Morgan fingerprint density at radius 3 is 2.43 bits per heavy atom. The first-order valence-electron chi connectivity index (χ1n) is 7.24. The molecule has 3 rings (SSSR count). The van der Waals surface area contributed by atoms with Gasteiger partial charge in [0.1, 0.15) is 5.75 Å². The number of aryl methyl sites for hydroxylation is 2. The number of rotatable bonds is 4. The van der Waals surface area contributed by atoms with Crippen LogP contribution in [-0.4, -0.2) is 16.3 Å². The van der Waals surface area contributed by atoms with Crippen molar-refractivity contribution in [3.63, 3.8) is 0 Å². The summed E-state index contributed by atoms with van der Waals surface area (Å²) in [5.41, 5.74) is 7.20. The maximum absolute atomic E-state index is 9.25. The molecule has 1 heterocycles. The van der Waals surface area contributed by atoms with E-state index in [1.165, 1.54) is 5.56 Å². The number of thiazole rings is 1. The molecule has 1 aromatic heterocycles. The Bertz CT molecular complexity index is 820. The number of benzene rings is 2. The van der Waals surface area contributed by atoms with Crippen molar-refractivity contribution >= 4 is 22.7 Å². The molecule has 4 nitrogen and oxygen atoms in total. The predicted octanol–water partition coefficient (Wildman–Crippen LogP) is 4.58. The van der Waals surface area contributed by atoms with Crippen LogP contribution in [0.3, 0.4) is 0 Å². The van der Waals surface area contributed by atoms with Gasteiger partial charge in [0, 0.05) is 10.4 Å². The minimum absolute atomic E-state index is 0.244. The molecule has 0 unspecified atom stereocenters. The Morgan fingerprint density at radius 1 is 1.04 bits per heavy atom. The van der Waals surface area contributed by atoms with E-state index in [4.69, 9.17) is 0 Å². The van der Waals surface area contributed by atoms with Gasteiger partial charge in [-0.25, -0.2) is 4.98 Å². The van der Waals surface area contributed by atoms with E-state index in [-0.39, 0.29) is 5.75 Å². The molecule has 0 aliphatic carbocycles. The summed E-state index contributed by atoms with van der Waals surface area (Å²) in [6.07, 6.45) is 1.70. The lowest BCUT2D eigenvalue weighted by molar-refractivity contribution is 0.475. The second-order valence-corrected chi connectivity index (χ2v) is 6.45. The first kappa shape index (κ1) is 15.2. The largest absolute Gasteiger partial charge is 0.508 e. The van der Waals surface area contributed by atoms with E-state index in [1.807, 2.05) is 0 Å². The number of hydrogen-bond acceptors (Lipinski definition) is 5. The van der Waals surface area contributed by atoms with E-state index >= 15 is 0 Å². The van der Waals surface area contributed by atoms with Gasteiger partial charge >= 0.3 is 0 Å². The lowest BCUT2D eigenvalue weighted by Crippen LogP contribution is -1.90. The number of nitrogens with zero attached hydrogens (tertiary/aromatic N) is 2. The van der Waals surface area contributed by atoms with Crippen LogP contribution in [0.1, 0.15) is 16.0 Å². The number of aromatic nitrogens is 1. The lowest BCUT2D eigenvalue weighted by Gasteiger charge is -1.99. The monoisotopic (exact) mass is 323 g/mol. The quantitative estimate of drug-likeness (QED) is 0.546. The Labute approximate surface area is 139 Å². The Hall–Kier alpha value is -2.66. The van der Waals surface area contributed by atoms with E-state index in [0.717, 1.165) is 26.8 Å². The van der Waals surface area contributed by atoms with Gasteiger partial charge in [0.05, 0.1) is 11.9 Å². The standard InChI is InChI=1S/C18H17N3OS/c1-12-3-7-15(8-4-12)17-13(2)23-18(20-17)21-19-11-14-5-9-16(22)10-6-14/h3-11,22H,1-2H3,(H,20,21)/b19-11+. The van der Waals surface area contributed by atoms with Crippen LogP contribution in [0.25, 0.3) is 11.3 Å². The fraction of sp³-hybridized carbons (Fsp3) is 0.111. The number of hydrazone groups is 1. The molecule has 5 heteroatoms. The van der Waals surface area contributed by atoms with Crippen LogP contribution >= 0.6 is 11.3 Å². The van der Waals surface area contributed by atoms with Crippen molar-refractivity contribution in [2.24, 2.45) is 5.10 Å². The second-order valence-electron chi connectivity index (χ2n) is 5.25. The van der Waals surface area contributed by atoms with Crippen LogP contribution in [0.2, 0.25) is 0 Å². The second kappa shape index (κ2) is 6.62. The third kappa shape index (κ3) is 3.76. The van der Waals surface area contributed by atoms with Gasteiger partial charge in [0.15, 0.2) is 0 Å². The van der Waals surface area contributed by atoms with Crippen LogP contribution in [0.15, 0.2) is 53.6 Å². The molecule has 0 aliphatic heterocycles. The highest BCUT2D eigenvalue weighted by molar-refractivity contribution is 7.15. The summed E-state index contributed by atoms with van der Waals surface area (Å²) in [5.74, 6) is 0.244. The zero-order chi connectivity index (χ0) is 16.2. The highest BCUT2D eigenvalue weighted by Crippen LogP contribution is 2.30. The smallest absolute Gasteiger partial charge is 0.204 e. The number of phenols is 1. The predicted molar refractivity (Wildman–Crippen MR) is 96.3 cm³/mol. The molecule has 2 aromatic carbocycles. The molecule has 0 amide bonds. The van der Waals surface area contributed by atoms with Crippen LogP contribution < -0.4 is 5.43 Å². The van der Waals surface area contributed by atoms with Gasteiger partial charge in [-0.15, -0.1) is 11.3 Å². The highest BCUT2D eigenvalue weighted by Gasteiger charge is 2.09. The van der Waals surface area contributed by atoms with E-state index in [9.17, 15) is 5.11 Å². The molecule has 0 saturated carbocycles. The van der Waals surface area contributed by atoms with Crippen LogP contribution in [0.5, 0.6) is 5.75 Å². The van der Waals surface area contributed by atoms with Crippen LogP contribution in [0.4, 0.5) is 5.13 Å². The molecular weight excluding hydrogens is 306 g/mol. The Kier molecular flexibility index (Phi) is 4.39. The molecule has 0 aliphatic rings. The van der Waals surface area contributed by atoms with E-state index in [1.54, 1.807) is 41.8 Å². The molecule has 0 radical (unpaired) electrons. The van der Waals surface area contributed by atoms with E-state index < -0.39 is 0 Å². The topological polar surface area (TPSA) is 57.5 Å². The van der Waals surface area contributed by atoms with Crippen molar-refractivity contribution in [3.05, 3.63) is 64.5 Å². The van der Waals surface area contributed by atoms with Crippen molar-refractivity contribution in [3.8, 4) is 17.0 Å². The van der Waals surface area contributed by atoms with Gasteiger partial charge < -0.3 is 5.11 Å². The van der Waals surface area contributed by atoms with Crippen molar-refractivity contribution in [1.29, 1.82) is 0 Å². The maximum Gasteiger partial charge on any atom is 0.204 e. The molecule has 0 atom stereocenters. The zero-order valence-electron chi connectivity index (χ0n) is 12.9. The molecule has 0 spiro atoms. The summed E-state index contributed by atoms with van der Waals surface area (Å²) in [5, 5.41) is 14.2. The maximum atomic E-state index is 9.25. The van der Waals surface area contributed by atoms with Gasteiger partial charge in [-0.1, -0.05) is 29.8 Å². The molecule has 3 aromatic rings. The summed E-state index contributed by atoms with van der Waals surface area (Å²) < 4.78 is 0. The van der Waals surface area contributed by atoms with Gasteiger partial charge in [0.2, 0.25) is 5.13 Å². The molecule has 0 bridgehead atoms.